The van der Waals surface area contributed by atoms with Gasteiger partial charge in [0.25, 0.3) is 0 Å². The smallest absolute Gasteiger partial charge is 0.368 e. The average molecular weight is 414 g/mol. The van der Waals surface area contributed by atoms with E-state index in [1.165, 1.54) is 6.07 Å². The summed E-state index contributed by atoms with van der Waals surface area (Å²) in [4.78, 5) is 31.2. The first kappa shape index (κ1) is 19.9. The van der Waals surface area contributed by atoms with Gasteiger partial charge in [-0.25, -0.2) is 4.79 Å². The van der Waals surface area contributed by atoms with Crippen molar-refractivity contribution in [1.29, 1.82) is 0 Å². The van der Waals surface area contributed by atoms with E-state index in [0.29, 0.717) is 38.3 Å². The summed E-state index contributed by atoms with van der Waals surface area (Å²) in [6.07, 6.45) is -3.20. The predicted molar refractivity (Wildman–Crippen MR) is 92.6 cm³/mol. The predicted octanol–water partition coefficient (Wildman–Crippen LogP) is 1.01. The summed E-state index contributed by atoms with van der Waals surface area (Å²) in [7, 11) is 0. The van der Waals surface area contributed by atoms with Crippen molar-refractivity contribution >= 4 is 11.9 Å². The van der Waals surface area contributed by atoms with Gasteiger partial charge in [0, 0.05) is 19.3 Å². The van der Waals surface area contributed by atoms with Gasteiger partial charge in [0.05, 0.1) is 49.2 Å². The summed E-state index contributed by atoms with van der Waals surface area (Å²) in [5.41, 5.74) is -0.400. The number of ether oxygens (including phenoxy) is 2. The normalized spacial score (nSPS) is 25.3. The molecule has 1 N–H and O–H groups in total. The number of fused-ring (bicyclic) bond motifs is 1. The Morgan fingerprint density at radius 3 is 2.76 bits per heavy atom. The van der Waals surface area contributed by atoms with Crippen molar-refractivity contribution in [3.63, 3.8) is 0 Å². The van der Waals surface area contributed by atoms with Crippen LogP contribution in [-0.2, 0) is 27.1 Å². The molecule has 29 heavy (non-hydrogen) atoms. The second-order valence-electron chi connectivity index (χ2n) is 7.41. The van der Waals surface area contributed by atoms with Crippen molar-refractivity contribution in [2.24, 2.45) is 0 Å². The quantitative estimate of drug-likeness (QED) is 0.798. The van der Waals surface area contributed by atoms with Crippen molar-refractivity contribution < 1.29 is 32.2 Å². The minimum Gasteiger partial charge on any atom is -0.368 e. The van der Waals surface area contributed by atoms with Gasteiger partial charge in [0.1, 0.15) is 6.61 Å². The molecule has 2 atom stereocenters. The lowest BCUT2D eigenvalue weighted by molar-refractivity contribution is -0.140. The van der Waals surface area contributed by atoms with Crippen LogP contribution in [0.4, 0.5) is 18.0 Å². The van der Waals surface area contributed by atoms with Crippen LogP contribution in [0.25, 0.3) is 0 Å². The zero-order valence-corrected chi connectivity index (χ0v) is 15.5. The van der Waals surface area contributed by atoms with Crippen LogP contribution in [0.15, 0.2) is 18.3 Å². The Hall–Kier alpha value is -2.40. The number of nitrogens with zero attached hydrogens (tertiary/aromatic N) is 3. The second-order valence-corrected chi connectivity index (χ2v) is 7.41. The lowest BCUT2D eigenvalue weighted by Gasteiger charge is -2.45. The van der Waals surface area contributed by atoms with E-state index in [4.69, 9.17) is 9.47 Å². The van der Waals surface area contributed by atoms with E-state index in [1.807, 2.05) is 0 Å². The molecule has 158 valence electrons. The Balaban J connectivity index is 1.21. The number of hydrogen-bond acceptors (Lipinski definition) is 5. The van der Waals surface area contributed by atoms with Crippen molar-refractivity contribution in [2.75, 3.05) is 32.8 Å². The molecule has 0 saturated carbocycles. The Bertz CT molecular complexity index is 767. The molecule has 0 aromatic carbocycles. The summed E-state index contributed by atoms with van der Waals surface area (Å²) in [6, 6.07) is 1.96. The number of aromatic nitrogens is 1. The molecule has 0 aliphatic carbocycles. The molecule has 4 rings (SSSR count). The number of morpholine rings is 1. The fourth-order valence-electron chi connectivity index (χ4n) is 3.65. The molecule has 0 spiro atoms. The highest BCUT2D eigenvalue weighted by molar-refractivity contribution is 5.79. The van der Waals surface area contributed by atoms with Crippen LogP contribution in [0.5, 0.6) is 0 Å². The molecule has 1 aromatic heterocycles. The van der Waals surface area contributed by atoms with Gasteiger partial charge in [-0.1, -0.05) is 0 Å². The first-order chi connectivity index (χ1) is 13.8. The van der Waals surface area contributed by atoms with E-state index in [2.05, 4.69) is 10.3 Å². The number of amides is 3. The maximum absolute atomic E-state index is 12.6. The third kappa shape index (κ3) is 4.45. The van der Waals surface area contributed by atoms with Crippen LogP contribution < -0.4 is 5.32 Å². The number of halogens is 3. The largest absolute Gasteiger partial charge is 0.417 e. The Morgan fingerprint density at radius 2 is 2.07 bits per heavy atom. The van der Waals surface area contributed by atoms with Crippen molar-refractivity contribution in [1.82, 2.24) is 20.1 Å². The first-order valence-corrected chi connectivity index (χ1v) is 9.38. The van der Waals surface area contributed by atoms with Gasteiger partial charge in [0.15, 0.2) is 0 Å². The Morgan fingerprint density at radius 1 is 1.28 bits per heavy atom. The van der Waals surface area contributed by atoms with E-state index >= 15 is 0 Å². The minimum absolute atomic E-state index is 0.0551. The van der Waals surface area contributed by atoms with Crippen LogP contribution in [0.1, 0.15) is 17.7 Å². The number of alkyl halides is 3. The SMILES string of the molecule is O=C1CO[C@H]2CCN(C(=O)N3CC(OCc4ccc(C(F)(F)F)cn4)C3)C[C@H]2N1. The van der Waals surface area contributed by atoms with Gasteiger partial charge in [-0.3, -0.25) is 9.78 Å². The molecule has 3 saturated heterocycles. The van der Waals surface area contributed by atoms with Crippen LogP contribution in [0, 0.1) is 0 Å². The van der Waals surface area contributed by atoms with Crippen LogP contribution in [-0.4, -0.2) is 77.8 Å². The van der Waals surface area contributed by atoms with Gasteiger partial charge < -0.3 is 24.6 Å². The van der Waals surface area contributed by atoms with E-state index < -0.39 is 11.7 Å². The summed E-state index contributed by atoms with van der Waals surface area (Å²) in [6.45, 7) is 1.94. The average Bonchev–Trinajstić information content (AvgIpc) is 2.65. The highest BCUT2D eigenvalue weighted by atomic mass is 19.4. The monoisotopic (exact) mass is 414 g/mol. The molecule has 1 aromatic rings. The summed E-state index contributed by atoms with van der Waals surface area (Å²) < 4.78 is 48.7. The molecule has 0 bridgehead atoms. The second kappa shape index (κ2) is 7.79. The first-order valence-electron chi connectivity index (χ1n) is 9.38. The van der Waals surface area contributed by atoms with Gasteiger partial charge in [0.2, 0.25) is 5.91 Å². The topological polar surface area (TPSA) is 84.0 Å². The number of urea groups is 1. The molecule has 4 heterocycles. The fraction of sp³-hybridized carbons (Fsp3) is 0.611. The fourth-order valence-corrected chi connectivity index (χ4v) is 3.65. The van der Waals surface area contributed by atoms with Crippen molar-refractivity contribution in [2.45, 2.75) is 37.5 Å². The molecule has 3 amide bonds. The molecule has 0 radical (unpaired) electrons. The molecular formula is C18H21F3N4O4. The number of nitrogens with one attached hydrogen (secondary N) is 1. The molecule has 3 aliphatic heterocycles. The summed E-state index contributed by atoms with van der Waals surface area (Å²) in [5, 5.41) is 2.86. The van der Waals surface area contributed by atoms with E-state index in [0.717, 1.165) is 12.3 Å². The molecule has 11 heteroatoms. The number of carbonyl (C=O) groups is 2. The number of carbonyl (C=O) groups excluding carboxylic acids is 2. The number of piperidine rings is 1. The van der Waals surface area contributed by atoms with Gasteiger partial charge in [-0.2, -0.15) is 13.2 Å². The lowest BCUT2D eigenvalue weighted by Crippen LogP contribution is -2.65. The molecule has 3 aliphatic rings. The number of hydrogen-bond donors (Lipinski definition) is 1. The Kier molecular flexibility index (Phi) is 5.34. The third-order valence-electron chi connectivity index (χ3n) is 5.33. The van der Waals surface area contributed by atoms with Crippen LogP contribution in [0.2, 0.25) is 0 Å². The lowest BCUT2D eigenvalue weighted by atomic mass is 10.0. The van der Waals surface area contributed by atoms with Gasteiger partial charge >= 0.3 is 12.2 Å². The Labute approximate surface area is 164 Å². The molecule has 8 nitrogen and oxygen atoms in total. The van der Waals surface area contributed by atoms with E-state index in [-0.39, 0.29) is 43.4 Å². The molecule has 3 fully saturated rings. The summed E-state index contributed by atoms with van der Waals surface area (Å²) in [5.74, 6) is -0.171. The summed E-state index contributed by atoms with van der Waals surface area (Å²) >= 11 is 0. The maximum Gasteiger partial charge on any atom is 0.417 e. The van der Waals surface area contributed by atoms with Crippen molar-refractivity contribution in [3.8, 4) is 0 Å². The minimum atomic E-state index is -4.41. The number of likely N-dealkylation sites (tertiary alicyclic amines) is 2. The van der Waals surface area contributed by atoms with Crippen LogP contribution in [0.3, 0.4) is 0 Å². The zero-order valence-electron chi connectivity index (χ0n) is 15.5. The highest BCUT2D eigenvalue weighted by Gasteiger charge is 2.40. The molecular weight excluding hydrogens is 393 g/mol. The third-order valence-corrected chi connectivity index (χ3v) is 5.33. The maximum atomic E-state index is 12.6. The van der Waals surface area contributed by atoms with Crippen LogP contribution >= 0.6 is 0 Å². The van der Waals surface area contributed by atoms with Crippen molar-refractivity contribution in [3.05, 3.63) is 29.6 Å². The zero-order chi connectivity index (χ0) is 20.6. The van der Waals surface area contributed by atoms with Gasteiger partial charge in [-0.05, 0) is 18.6 Å². The van der Waals surface area contributed by atoms with E-state index in [9.17, 15) is 22.8 Å². The number of pyridine rings is 1. The number of rotatable bonds is 3. The van der Waals surface area contributed by atoms with Gasteiger partial charge in [-0.15, -0.1) is 0 Å². The molecule has 0 unspecified atom stereocenters. The standard InChI is InChI=1S/C18H21F3N4O4/c19-18(20,21)11-1-2-12(22-5-11)9-28-13-6-25(7-13)17(27)24-4-3-15-14(8-24)23-16(26)10-29-15/h1-2,5,13-15H,3-4,6-10H2,(H,23,26)/t14-,15+/m1/s1. The van der Waals surface area contributed by atoms with E-state index in [1.54, 1.807) is 9.80 Å². The highest BCUT2D eigenvalue weighted by Crippen LogP contribution is 2.28.